The minimum atomic E-state index is 0.906. The standard InChI is InChI=1S/C46H28N2O.C46H30N2/c1-2-13-32(14-3-1)47-41-26-25-38-35-17-6-8-19-40(35)48(46(38)44(41)39-24-21-29-11-4-5-16-34(29)45(39)47)33-15-10-12-30(27-33)31-22-23-37-36-18-7-9-20-42(36)49-43(37)28-31;1-3-12-31(13-4-1)33-22-25-36(26-23-33)47-43-29-28-40-39-20-9-10-21-42(39)48(37-18-11-17-35(30-37)32-14-5-2-6-15-32)46(40)44(43)41-27-24-34-16-7-8-19-38(34)45(41)47/h1-28H;1-30H. The number of rotatable bonds is 7. The van der Waals surface area contributed by atoms with Crippen LogP contribution >= 0.6 is 0 Å². The highest BCUT2D eigenvalue weighted by Crippen LogP contribution is 2.47. The Balaban J connectivity index is 0.000000132. The number of hydrogen-bond donors (Lipinski definition) is 0. The van der Waals surface area contributed by atoms with Crippen molar-refractivity contribution in [3.8, 4) is 56.1 Å². The maximum Gasteiger partial charge on any atom is 0.136 e. The number of para-hydroxylation sites is 4. The van der Waals surface area contributed by atoms with Crippen molar-refractivity contribution >= 4 is 131 Å². The molecule has 0 saturated heterocycles. The normalized spacial score (nSPS) is 11.9. The van der Waals surface area contributed by atoms with Gasteiger partial charge in [0.05, 0.1) is 44.1 Å². The van der Waals surface area contributed by atoms with Gasteiger partial charge in [-0.2, -0.15) is 0 Å². The van der Waals surface area contributed by atoms with Crippen LogP contribution in [0.3, 0.4) is 0 Å². The minimum absolute atomic E-state index is 0.906. The van der Waals surface area contributed by atoms with Crippen LogP contribution in [-0.2, 0) is 0 Å². The molecule has 0 N–H and O–H groups in total. The van der Waals surface area contributed by atoms with Crippen molar-refractivity contribution in [1.29, 1.82) is 0 Å². The second kappa shape index (κ2) is 21.8. The second-order valence-electron chi connectivity index (χ2n) is 25.5. The van der Waals surface area contributed by atoms with Crippen LogP contribution in [0.1, 0.15) is 0 Å². The summed E-state index contributed by atoms with van der Waals surface area (Å²) >= 11 is 0. The van der Waals surface area contributed by atoms with Crippen LogP contribution in [0, 0.1) is 0 Å². The Hall–Kier alpha value is -13.0. The van der Waals surface area contributed by atoms with Crippen molar-refractivity contribution < 1.29 is 4.42 Å². The Kier molecular flexibility index (Phi) is 12.3. The van der Waals surface area contributed by atoms with Gasteiger partial charge in [0.1, 0.15) is 11.2 Å². The van der Waals surface area contributed by atoms with E-state index in [9.17, 15) is 0 Å². The lowest BCUT2D eigenvalue weighted by atomic mass is 10.0. The molecular weight excluding hydrogens is 1180 g/mol. The van der Waals surface area contributed by atoms with Crippen molar-refractivity contribution in [2.75, 3.05) is 0 Å². The van der Waals surface area contributed by atoms with Gasteiger partial charge in [0.25, 0.3) is 0 Å². The van der Waals surface area contributed by atoms with Crippen LogP contribution in [0.15, 0.2) is 356 Å². The molecule has 0 aliphatic rings. The highest BCUT2D eigenvalue weighted by molar-refractivity contribution is 6.31. The molecule has 0 fully saturated rings. The molecule has 97 heavy (non-hydrogen) atoms. The monoisotopic (exact) mass is 1230 g/mol. The molecule has 0 aliphatic heterocycles. The zero-order valence-electron chi connectivity index (χ0n) is 52.7. The van der Waals surface area contributed by atoms with Gasteiger partial charge in [0, 0.05) is 87.4 Å². The number of fused-ring (bicyclic) bond motifs is 21. The largest absolute Gasteiger partial charge is 0.456 e. The molecule has 0 unspecified atom stereocenters. The third kappa shape index (κ3) is 8.52. The smallest absolute Gasteiger partial charge is 0.136 e. The molecule has 5 heterocycles. The van der Waals surface area contributed by atoms with Gasteiger partial charge in [-0.15, -0.1) is 0 Å². The van der Waals surface area contributed by atoms with E-state index in [1.807, 2.05) is 12.1 Å². The molecule has 21 aromatic rings. The summed E-state index contributed by atoms with van der Waals surface area (Å²) in [6, 6.07) is 127. The molecule has 0 spiro atoms. The highest BCUT2D eigenvalue weighted by atomic mass is 16.3. The molecule has 0 radical (unpaired) electrons. The summed E-state index contributed by atoms with van der Waals surface area (Å²) in [6.45, 7) is 0. The number of furan rings is 1. The molecule has 5 nitrogen and oxygen atoms in total. The zero-order valence-corrected chi connectivity index (χ0v) is 52.7. The Morgan fingerprint density at radius 3 is 1.09 bits per heavy atom. The van der Waals surface area contributed by atoms with E-state index < -0.39 is 0 Å². The van der Waals surface area contributed by atoms with Gasteiger partial charge >= 0.3 is 0 Å². The van der Waals surface area contributed by atoms with E-state index in [-0.39, 0.29) is 0 Å². The lowest BCUT2D eigenvalue weighted by Gasteiger charge is -2.12. The topological polar surface area (TPSA) is 32.9 Å². The van der Waals surface area contributed by atoms with Crippen LogP contribution in [0.5, 0.6) is 0 Å². The molecule has 0 aliphatic carbocycles. The third-order valence-electron chi connectivity index (χ3n) is 20.2. The number of benzene rings is 16. The fraction of sp³-hybridized carbons (Fsp3) is 0. The second-order valence-corrected chi connectivity index (χ2v) is 25.5. The van der Waals surface area contributed by atoms with Crippen LogP contribution < -0.4 is 0 Å². The Bertz CT molecular complexity index is 6720. The molecular formula is C92H58N4O. The summed E-state index contributed by atoms with van der Waals surface area (Å²) < 4.78 is 16.2. The molecule has 0 amide bonds. The predicted octanol–water partition coefficient (Wildman–Crippen LogP) is 25.0. The molecule has 5 heteroatoms. The lowest BCUT2D eigenvalue weighted by Crippen LogP contribution is -1.96. The van der Waals surface area contributed by atoms with Gasteiger partial charge in [-0.25, -0.2) is 0 Å². The summed E-state index contributed by atoms with van der Waals surface area (Å²) in [6.07, 6.45) is 0. The van der Waals surface area contributed by atoms with E-state index in [0.29, 0.717) is 0 Å². The average Bonchev–Trinajstić information content (AvgIpc) is 1.55. The van der Waals surface area contributed by atoms with E-state index in [1.54, 1.807) is 0 Å². The van der Waals surface area contributed by atoms with Crippen LogP contribution in [0.4, 0.5) is 0 Å². The predicted molar refractivity (Wildman–Crippen MR) is 409 cm³/mol. The molecule has 0 bridgehead atoms. The van der Waals surface area contributed by atoms with Crippen molar-refractivity contribution in [1.82, 2.24) is 18.3 Å². The zero-order chi connectivity index (χ0) is 63.7. The van der Waals surface area contributed by atoms with Crippen molar-refractivity contribution in [2.45, 2.75) is 0 Å². The quantitative estimate of drug-likeness (QED) is 0.157. The molecule has 0 saturated carbocycles. The summed E-state index contributed by atoms with van der Waals surface area (Å²) in [5.74, 6) is 0. The third-order valence-corrected chi connectivity index (χ3v) is 20.2. The van der Waals surface area contributed by atoms with Crippen molar-refractivity contribution in [3.05, 3.63) is 352 Å². The van der Waals surface area contributed by atoms with Crippen molar-refractivity contribution in [3.63, 3.8) is 0 Å². The first-order valence-corrected chi connectivity index (χ1v) is 33.3. The van der Waals surface area contributed by atoms with Gasteiger partial charge in [-0.05, 0) is 135 Å². The Labute approximate surface area is 558 Å². The fourth-order valence-corrected chi connectivity index (χ4v) is 15.9. The van der Waals surface area contributed by atoms with E-state index >= 15 is 0 Å². The summed E-state index contributed by atoms with van der Waals surface area (Å²) in [7, 11) is 0. The molecule has 5 aromatic heterocycles. The number of nitrogens with zero attached hydrogens (tertiary/aromatic N) is 4. The molecule has 21 rings (SSSR count). The minimum Gasteiger partial charge on any atom is -0.456 e. The Morgan fingerprint density at radius 2 is 0.536 bits per heavy atom. The average molecular weight is 1240 g/mol. The van der Waals surface area contributed by atoms with Crippen LogP contribution in [0.25, 0.3) is 187 Å². The van der Waals surface area contributed by atoms with Crippen LogP contribution in [0.2, 0.25) is 0 Å². The fourth-order valence-electron chi connectivity index (χ4n) is 15.9. The molecule has 16 aromatic carbocycles. The maximum absolute atomic E-state index is 6.28. The maximum atomic E-state index is 6.28. The first-order valence-electron chi connectivity index (χ1n) is 33.3. The van der Waals surface area contributed by atoms with Gasteiger partial charge in [-0.1, -0.05) is 261 Å². The number of aromatic nitrogens is 4. The van der Waals surface area contributed by atoms with E-state index in [2.05, 4.69) is 358 Å². The van der Waals surface area contributed by atoms with E-state index in [4.69, 9.17) is 4.42 Å². The van der Waals surface area contributed by atoms with Gasteiger partial charge in [-0.3, -0.25) is 0 Å². The first-order chi connectivity index (χ1) is 48.1. The molecule has 0 atom stereocenters. The summed E-state index contributed by atoms with van der Waals surface area (Å²) in [5, 5.41) is 17.3. The van der Waals surface area contributed by atoms with Gasteiger partial charge in [0.15, 0.2) is 0 Å². The Morgan fingerprint density at radius 1 is 0.175 bits per heavy atom. The highest BCUT2D eigenvalue weighted by Gasteiger charge is 2.25. The van der Waals surface area contributed by atoms with Gasteiger partial charge < -0.3 is 22.7 Å². The summed E-state index contributed by atoms with van der Waals surface area (Å²) in [4.78, 5) is 0. The van der Waals surface area contributed by atoms with E-state index in [1.165, 1.54) is 131 Å². The first kappa shape index (κ1) is 54.6. The van der Waals surface area contributed by atoms with E-state index in [0.717, 1.165) is 55.8 Å². The summed E-state index contributed by atoms with van der Waals surface area (Å²) in [5.41, 5.74) is 23.3. The van der Waals surface area contributed by atoms with Gasteiger partial charge in [0.2, 0.25) is 0 Å². The molecule has 452 valence electrons. The SMILES string of the molecule is c1ccc(-c2ccc(-n3c4ccc5c6ccccc6n(-c6cccc(-c7ccccc7)c6)c5c4c4ccc5ccccc5c43)cc2)cc1.c1ccc(-n2c3ccc4c5ccccc5n(-c5cccc(-c6ccc7c(c6)oc6ccccc67)c5)c4c3c3ccc4ccccc4c32)cc1. The number of hydrogen-bond acceptors (Lipinski definition) is 1. The van der Waals surface area contributed by atoms with Crippen LogP contribution in [-0.4, -0.2) is 18.3 Å². The lowest BCUT2D eigenvalue weighted by molar-refractivity contribution is 0.669. The van der Waals surface area contributed by atoms with Crippen molar-refractivity contribution in [2.24, 2.45) is 0 Å².